The smallest absolute Gasteiger partial charge is 0.277 e. The number of nitrogens with one attached hydrogen (secondary N) is 1. The van der Waals surface area contributed by atoms with E-state index in [0.29, 0.717) is 23.0 Å². The lowest BCUT2D eigenvalue weighted by Gasteiger charge is -2.13. The molecule has 1 atom stereocenters. The quantitative estimate of drug-likeness (QED) is 0.316. The van der Waals surface area contributed by atoms with Crippen LogP contribution in [0.5, 0.6) is 0 Å². The molecule has 0 saturated heterocycles. The number of aromatic nitrogens is 4. The Balaban J connectivity index is 1.35. The van der Waals surface area contributed by atoms with Crippen LogP contribution in [0.15, 0.2) is 99.4 Å². The van der Waals surface area contributed by atoms with Crippen molar-refractivity contribution in [2.24, 2.45) is 0 Å². The molecule has 0 fully saturated rings. The van der Waals surface area contributed by atoms with Crippen LogP contribution in [0.4, 0.5) is 0 Å². The molecule has 5 rings (SSSR count). The van der Waals surface area contributed by atoms with Gasteiger partial charge in [-0.15, -0.1) is 10.2 Å². The van der Waals surface area contributed by atoms with Crippen molar-refractivity contribution in [3.8, 4) is 11.6 Å². The van der Waals surface area contributed by atoms with Crippen molar-refractivity contribution in [3.63, 3.8) is 0 Å². The molecular weight excluding hydrogens is 474 g/mol. The van der Waals surface area contributed by atoms with Gasteiger partial charge in [-0.25, -0.2) is 4.68 Å². The number of hydrogen-bond acceptors (Lipinski definition) is 7. The fraction of sp³-hybridized carbons (Fsp3) is 0.148. The van der Waals surface area contributed by atoms with E-state index in [9.17, 15) is 9.59 Å². The van der Waals surface area contributed by atoms with E-state index < -0.39 is 0 Å². The van der Waals surface area contributed by atoms with Crippen LogP contribution < -0.4 is 10.9 Å². The molecule has 180 valence electrons. The minimum absolute atomic E-state index is 0.112. The Labute approximate surface area is 211 Å². The van der Waals surface area contributed by atoms with E-state index >= 15 is 0 Å². The van der Waals surface area contributed by atoms with Crippen LogP contribution in [0.1, 0.15) is 24.1 Å². The molecule has 9 heteroatoms. The summed E-state index contributed by atoms with van der Waals surface area (Å²) in [5, 5.41) is 17.2. The second kappa shape index (κ2) is 10.6. The van der Waals surface area contributed by atoms with Crippen molar-refractivity contribution in [1.82, 2.24) is 25.3 Å². The minimum atomic E-state index is -0.198. The SMILES string of the molecule is C[C@H](NC(=O)CSc1nnc(-c2nn(Cc3ccccc3)c(=O)c3ccccc23)o1)c1ccccc1. The Morgan fingerprint density at radius 3 is 2.36 bits per heavy atom. The molecule has 2 heterocycles. The van der Waals surface area contributed by atoms with Gasteiger partial charge in [0.2, 0.25) is 5.91 Å². The van der Waals surface area contributed by atoms with Crippen LogP contribution in [-0.4, -0.2) is 31.6 Å². The van der Waals surface area contributed by atoms with E-state index in [1.54, 1.807) is 12.1 Å². The molecule has 2 aromatic heterocycles. The van der Waals surface area contributed by atoms with E-state index in [-0.39, 0.29) is 34.4 Å². The van der Waals surface area contributed by atoms with Gasteiger partial charge in [-0.1, -0.05) is 90.6 Å². The minimum Gasteiger partial charge on any atom is -0.409 e. The Bertz CT molecular complexity index is 1550. The Kier molecular flexibility index (Phi) is 6.90. The lowest BCUT2D eigenvalue weighted by molar-refractivity contribution is -0.119. The summed E-state index contributed by atoms with van der Waals surface area (Å²) >= 11 is 1.15. The molecule has 0 unspecified atom stereocenters. The summed E-state index contributed by atoms with van der Waals surface area (Å²) in [6, 6.07) is 26.5. The molecule has 0 saturated carbocycles. The average Bonchev–Trinajstić information content (AvgIpc) is 3.39. The van der Waals surface area contributed by atoms with Crippen LogP contribution in [0.2, 0.25) is 0 Å². The summed E-state index contributed by atoms with van der Waals surface area (Å²) < 4.78 is 7.25. The summed E-state index contributed by atoms with van der Waals surface area (Å²) in [5.41, 5.74) is 2.20. The van der Waals surface area contributed by atoms with Gasteiger partial charge in [-0.3, -0.25) is 9.59 Å². The first-order chi connectivity index (χ1) is 17.6. The number of fused-ring (bicyclic) bond motifs is 1. The van der Waals surface area contributed by atoms with Gasteiger partial charge in [0.15, 0.2) is 5.69 Å². The number of thioether (sulfide) groups is 1. The summed E-state index contributed by atoms with van der Waals surface area (Å²) in [7, 11) is 0. The molecule has 0 spiro atoms. The van der Waals surface area contributed by atoms with E-state index in [2.05, 4.69) is 20.6 Å². The zero-order chi connectivity index (χ0) is 24.9. The fourth-order valence-corrected chi connectivity index (χ4v) is 4.43. The van der Waals surface area contributed by atoms with E-state index in [0.717, 1.165) is 22.9 Å². The molecule has 36 heavy (non-hydrogen) atoms. The van der Waals surface area contributed by atoms with Crippen LogP contribution >= 0.6 is 11.8 Å². The van der Waals surface area contributed by atoms with Crippen molar-refractivity contribution in [2.75, 3.05) is 5.75 Å². The highest BCUT2D eigenvalue weighted by Gasteiger charge is 2.19. The summed E-state index contributed by atoms with van der Waals surface area (Å²) in [6.07, 6.45) is 0. The molecule has 8 nitrogen and oxygen atoms in total. The van der Waals surface area contributed by atoms with Crippen molar-refractivity contribution >= 4 is 28.4 Å². The number of rotatable bonds is 8. The molecule has 0 bridgehead atoms. The maximum Gasteiger partial charge on any atom is 0.277 e. The highest BCUT2D eigenvalue weighted by atomic mass is 32.2. The number of carbonyl (C=O) groups is 1. The summed E-state index contributed by atoms with van der Waals surface area (Å²) in [6.45, 7) is 2.25. The Hall–Kier alpha value is -4.24. The highest BCUT2D eigenvalue weighted by molar-refractivity contribution is 7.99. The predicted octanol–water partition coefficient (Wildman–Crippen LogP) is 4.46. The van der Waals surface area contributed by atoms with Gasteiger partial charge in [-0.2, -0.15) is 5.10 Å². The van der Waals surface area contributed by atoms with Gasteiger partial charge >= 0.3 is 0 Å². The third kappa shape index (κ3) is 5.21. The van der Waals surface area contributed by atoms with Gasteiger partial charge < -0.3 is 9.73 Å². The lowest BCUT2D eigenvalue weighted by atomic mass is 10.1. The zero-order valence-electron chi connectivity index (χ0n) is 19.5. The molecule has 0 aliphatic carbocycles. The normalized spacial score (nSPS) is 11.9. The summed E-state index contributed by atoms with van der Waals surface area (Å²) in [5.74, 6) is 0.171. The van der Waals surface area contributed by atoms with Crippen molar-refractivity contribution < 1.29 is 9.21 Å². The molecule has 0 aliphatic heterocycles. The number of benzene rings is 3. The van der Waals surface area contributed by atoms with Crippen LogP contribution in [0.25, 0.3) is 22.4 Å². The van der Waals surface area contributed by atoms with E-state index in [1.807, 2.05) is 79.7 Å². The van der Waals surface area contributed by atoms with E-state index in [1.165, 1.54) is 4.68 Å². The second-order valence-electron chi connectivity index (χ2n) is 8.20. The third-order valence-electron chi connectivity index (χ3n) is 5.66. The highest BCUT2D eigenvalue weighted by Crippen LogP contribution is 2.26. The number of amides is 1. The first-order valence-electron chi connectivity index (χ1n) is 11.4. The molecule has 3 aromatic carbocycles. The maximum atomic E-state index is 13.1. The van der Waals surface area contributed by atoms with Gasteiger partial charge in [-0.05, 0) is 24.1 Å². The van der Waals surface area contributed by atoms with Gasteiger partial charge in [0.05, 0.1) is 23.7 Å². The van der Waals surface area contributed by atoms with Crippen molar-refractivity contribution in [1.29, 1.82) is 0 Å². The summed E-state index contributed by atoms with van der Waals surface area (Å²) in [4.78, 5) is 25.5. The standard InChI is InChI=1S/C27H23N5O3S/c1-18(20-12-6-3-7-13-20)28-23(33)17-36-27-30-29-25(35-27)24-21-14-8-9-15-22(21)26(34)32(31-24)16-19-10-4-2-5-11-19/h2-15,18H,16-17H2,1H3,(H,28,33)/t18-/m0/s1. The zero-order valence-corrected chi connectivity index (χ0v) is 20.3. The molecular formula is C27H23N5O3S. The molecule has 0 radical (unpaired) electrons. The molecule has 0 aliphatic rings. The molecule has 1 amide bonds. The van der Waals surface area contributed by atoms with Gasteiger partial charge in [0.1, 0.15) is 0 Å². The van der Waals surface area contributed by atoms with Crippen LogP contribution in [0, 0.1) is 0 Å². The Morgan fingerprint density at radius 2 is 1.61 bits per heavy atom. The molecule has 5 aromatic rings. The average molecular weight is 498 g/mol. The maximum absolute atomic E-state index is 13.1. The monoisotopic (exact) mass is 497 g/mol. The lowest BCUT2D eigenvalue weighted by Crippen LogP contribution is -2.28. The first kappa shape index (κ1) is 23.5. The Morgan fingerprint density at radius 1 is 0.944 bits per heavy atom. The first-order valence-corrected chi connectivity index (χ1v) is 12.4. The number of nitrogens with zero attached hydrogens (tertiary/aromatic N) is 4. The largest absolute Gasteiger partial charge is 0.409 e. The van der Waals surface area contributed by atoms with Crippen molar-refractivity contribution in [2.45, 2.75) is 24.7 Å². The number of carbonyl (C=O) groups excluding carboxylic acids is 1. The van der Waals surface area contributed by atoms with Gasteiger partial charge in [0, 0.05) is 5.39 Å². The second-order valence-corrected chi connectivity index (χ2v) is 9.13. The topological polar surface area (TPSA) is 103 Å². The fourth-order valence-electron chi connectivity index (χ4n) is 3.86. The van der Waals surface area contributed by atoms with Crippen LogP contribution in [-0.2, 0) is 11.3 Å². The third-order valence-corrected chi connectivity index (χ3v) is 6.47. The van der Waals surface area contributed by atoms with Crippen LogP contribution in [0.3, 0.4) is 0 Å². The molecule has 1 N–H and O–H groups in total. The van der Waals surface area contributed by atoms with Gasteiger partial charge in [0.25, 0.3) is 16.7 Å². The van der Waals surface area contributed by atoms with E-state index in [4.69, 9.17) is 4.42 Å². The number of hydrogen-bond donors (Lipinski definition) is 1. The predicted molar refractivity (Wildman–Crippen MR) is 139 cm³/mol. The van der Waals surface area contributed by atoms with Crippen molar-refractivity contribution in [3.05, 3.63) is 106 Å².